The van der Waals surface area contributed by atoms with Crippen LogP contribution in [0.25, 0.3) is 0 Å². The maximum absolute atomic E-state index is 9.75. The van der Waals surface area contributed by atoms with Crippen molar-refractivity contribution in [2.75, 3.05) is 6.54 Å². The highest BCUT2D eigenvalue weighted by molar-refractivity contribution is 7.80. The number of aromatic hydroxyl groups is 1. The normalized spacial score (nSPS) is 22.2. The Hall–Kier alpha value is -0.670. The zero-order valence-corrected chi connectivity index (χ0v) is 8.93. The summed E-state index contributed by atoms with van der Waals surface area (Å²) in [7, 11) is 0. The molecule has 1 fully saturated rings. The predicted octanol–water partition coefficient (Wildman–Crippen LogP) is 2.50. The van der Waals surface area contributed by atoms with E-state index in [1.54, 1.807) is 6.07 Å². The Kier molecular flexibility index (Phi) is 2.99. The van der Waals surface area contributed by atoms with E-state index in [1.807, 2.05) is 12.1 Å². The summed E-state index contributed by atoms with van der Waals surface area (Å²) >= 11 is 4.18. The lowest BCUT2D eigenvalue weighted by Crippen LogP contribution is -2.26. The molecule has 1 saturated heterocycles. The molecule has 2 N–H and O–H groups in total. The lowest BCUT2D eigenvalue weighted by atomic mass is 9.97. The van der Waals surface area contributed by atoms with Crippen molar-refractivity contribution in [3.05, 3.63) is 23.8 Å². The lowest BCUT2D eigenvalue weighted by molar-refractivity contribution is 0.390. The minimum atomic E-state index is 0.317. The number of hydrogen-bond donors (Lipinski definition) is 3. The van der Waals surface area contributed by atoms with Crippen LogP contribution < -0.4 is 5.32 Å². The van der Waals surface area contributed by atoms with Gasteiger partial charge in [0, 0.05) is 16.5 Å². The van der Waals surface area contributed by atoms with Gasteiger partial charge in [-0.2, -0.15) is 0 Å². The minimum Gasteiger partial charge on any atom is -0.508 e. The number of benzene rings is 1. The molecule has 2 nitrogen and oxygen atoms in total. The molecular weight excluding hydrogens is 194 g/mol. The van der Waals surface area contributed by atoms with Gasteiger partial charge in [-0.05, 0) is 31.5 Å². The van der Waals surface area contributed by atoms with E-state index in [0.29, 0.717) is 11.8 Å². The van der Waals surface area contributed by atoms with Crippen LogP contribution in [-0.4, -0.2) is 11.7 Å². The second-order valence-corrected chi connectivity index (χ2v) is 4.26. The van der Waals surface area contributed by atoms with E-state index in [9.17, 15) is 5.11 Å². The molecule has 0 aromatic heterocycles. The molecule has 1 aliphatic heterocycles. The predicted molar refractivity (Wildman–Crippen MR) is 60.0 cm³/mol. The third-order valence-corrected chi connectivity index (χ3v) is 2.98. The lowest BCUT2D eigenvalue weighted by Gasteiger charge is -2.24. The van der Waals surface area contributed by atoms with E-state index in [4.69, 9.17) is 0 Å². The quantitative estimate of drug-likeness (QED) is 0.621. The van der Waals surface area contributed by atoms with Crippen LogP contribution >= 0.6 is 12.6 Å². The topological polar surface area (TPSA) is 32.3 Å². The summed E-state index contributed by atoms with van der Waals surface area (Å²) in [4.78, 5) is 0.807. The first-order valence-corrected chi connectivity index (χ1v) is 5.47. The van der Waals surface area contributed by atoms with Crippen molar-refractivity contribution in [2.45, 2.75) is 30.2 Å². The van der Waals surface area contributed by atoms with Gasteiger partial charge in [-0.3, -0.25) is 0 Å². The largest absolute Gasteiger partial charge is 0.508 e. The van der Waals surface area contributed by atoms with Crippen LogP contribution in [0.5, 0.6) is 5.75 Å². The van der Waals surface area contributed by atoms with Crippen molar-refractivity contribution < 1.29 is 5.11 Å². The number of phenols is 1. The van der Waals surface area contributed by atoms with Gasteiger partial charge in [0.25, 0.3) is 0 Å². The van der Waals surface area contributed by atoms with Crippen LogP contribution in [-0.2, 0) is 0 Å². The smallest absolute Gasteiger partial charge is 0.121 e. The molecule has 76 valence electrons. The summed E-state index contributed by atoms with van der Waals surface area (Å²) in [6.07, 6.45) is 3.58. The van der Waals surface area contributed by atoms with E-state index >= 15 is 0 Å². The van der Waals surface area contributed by atoms with Gasteiger partial charge in [0.1, 0.15) is 5.75 Å². The van der Waals surface area contributed by atoms with Crippen molar-refractivity contribution in [3.63, 3.8) is 0 Å². The highest BCUT2D eigenvalue weighted by atomic mass is 32.1. The molecule has 0 bridgehead atoms. The highest BCUT2D eigenvalue weighted by Crippen LogP contribution is 2.31. The fraction of sp³-hybridized carbons (Fsp3) is 0.455. The molecule has 0 spiro atoms. The zero-order valence-electron chi connectivity index (χ0n) is 8.03. The van der Waals surface area contributed by atoms with Crippen molar-refractivity contribution in [1.29, 1.82) is 0 Å². The average molecular weight is 209 g/mol. The molecule has 1 unspecified atom stereocenters. The van der Waals surface area contributed by atoms with Crippen LogP contribution in [0.2, 0.25) is 0 Å². The SMILES string of the molecule is Oc1cc(S)ccc1C1CCCCN1. The van der Waals surface area contributed by atoms with Crippen molar-refractivity contribution in [3.8, 4) is 5.75 Å². The van der Waals surface area contributed by atoms with Crippen LogP contribution in [0.3, 0.4) is 0 Å². The van der Waals surface area contributed by atoms with E-state index < -0.39 is 0 Å². The second kappa shape index (κ2) is 4.24. The number of nitrogens with one attached hydrogen (secondary N) is 1. The first kappa shape index (κ1) is 9.87. The summed E-state index contributed by atoms with van der Waals surface area (Å²) < 4.78 is 0. The van der Waals surface area contributed by atoms with Gasteiger partial charge in [0.15, 0.2) is 0 Å². The molecule has 1 heterocycles. The van der Waals surface area contributed by atoms with Gasteiger partial charge < -0.3 is 10.4 Å². The molecule has 0 aliphatic carbocycles. The molecule has 2 rings (SSSR count). The van der Waals surface area contributed by atoms with Gasteiger partial charge in [0.2, 0.25) is 0 Å². The Bertz CT molecular complexity index is 321. The Labute approximate surface area is 89.7 Å². The number of hydrogen-bond acceptors (Lipinski definition) is 3. The van der Waals surface area contributed by atoms with E-state index in [0.717, 1.165) is 23.4 Å². The standard InChI is InChI=1S/C11H15NOS/c13-11-7-8(14)4-5-9(11)10-3-1-2-6-12-10/h4-5,7,10,12-14H,1-3,6H2. The molecule has 3 heteroatoms. The highest BCUT2D eigenvalue weighted by Gasteiger charge is 2.17. The number of piperidine rings is 1. The van der Waals surface area contributed by atoms with Gasteiger partial charge >= 0.3 is 0 Å². The minimum absolute atomic E-state index is 0.317. The molecule has 1 atom stereocenters. The maximum atomic E-state index is 9.75. The maximum Gasteiger partial charge on any atom is 0.121 e. The van der Waals surface area contributed by atoms with Crippen molar-refractivity contribution in [1.82, 2.24) is 5.32 Å². The Morgan fingerprint density at radius 1 is 1.36 bits per heavy atom. The molecule has 14 heavy (non-hydrogen) atoms. The summed E-state index contributed by atoms with van der Waals surface area (Å²) in [5, 5.41) is 13.2. The number of phenolic OH excluding ortho intramolecular Hbond substituents is 1. The monoisotopic (exact) mass is 209 g/mol. The Morgan fingerprint density at radius 2 is 2.21 bits per heavy atom. The van der Waals surface area contributed by atoms with E-state index in [2.05, 4.69) is 17.9 Å². The number of thiol groups is 1. The molecule has 0 amide bonds. The number of rotatable bonds is 1. The van der Waals surface area contributed by atoms with E-state index in [1.165, 1.54) is 12.8 Å². The van der Waals surface area contributed by atoms with Gasteiger partial charge in [-0.15, -0.1) is 12.6 Å². The Balaban J connectivity index is 2.22. The van der Waals surface area contributed by atoms with E-state index in [-0.39, 0.29) is 0 Å². The Morgan fingerprint density at radius 3 is 2.86 bits per heavy atom. The molecule has 1 aliphatic rings. The summed E-state index contributed by atoms with van der Waals surface area (Å²) in [6.45, 7) is 1.05. The molecular formula is C11H15NOS. The van der Waals surface area contributed by atoms with Gasteiger partial charge in [-0.1, -0.05) is 12.5 Å². The van der Waals surface area contributed by atoms with Crippen LogP contribution in [0, 0.1) is 0 Å². The average Bonchev–Trinajstić information content (AvgIpc) is 2.19. The van der Waals surface area contributed by atoms with Gasteiger partial charge in [0.05, 0.1) is 0 Å². The van der Waals surface area contributed by atoms with Crippen molar-refractivity contribution in [2.24, 2.45) is 0 Å². The summed E-state index contributed by atoms with van der Waals surface area (Å²) in [5.41, 5.74) is 1.00. The molecule has 0 saturated carbocycles. The van der Waals surface area contributed by atoms with Crippen LogP contribution in [0.1, 0.15) is 30.9 Å². The fourth-order valence-corrected chi connectivity index (χ4v) is 2.14. The van der Waals surface area contributed by atoms with Gasteiger partial charge in [-0.25, -0.2) is 0 Å². The third kappa shape index (κ3) is 2.04. The summed E-state index contributed by atoms with van der Waals surface area (Å²) in [5.74, 6) is 0.358. The second-order valence-electron chi connectivity index (χ2n) is 3.75. The third-order valence-electron chi connectivity index (χ3n) is 2.70. The van der Waals surface area contributed by atoms with Crippen molar-refractivity contribution >= 4 is 12.6 Å². The fourth-order valence-electron chi connectivity index (χ4n) is 1.94. The molecule has 1 aromatic carbocycles. The first-order chi connectivity index (χ1) is 6.77. The zero-order chi connectivity index (χ0) is 9.97. The van der Waals surface area contributed by atoms with Crippen LogP contribution in [0.15, 0.2) is 23.1 Å². The van der Waals surface area contributed by atoms with Crippen LogP contribution in [0.4, 0.5) is 0 Å². The first-order valence-electron chi connectivity index (χ1n) is 5.02. The molecule has 1 aromatic rings. The molecule has 0 radical (unpaired) electrons. The summed E-state index contributed by atoms with van der Waals surface area (Å²) in [6, 6.07) is 5.90.